The third kappa shape index (κ3) is 9.37. The molecule has 0 radical (unpaired) electrons. The van der Waals surface area contributed by atoms with Crippen molar-refractivity contribution in [3.05, 3.63) is 90.5 Å². The van der Waals surface area contributed by atoms with Crippen molar-refractivity contribution in [1.82, 2.24) is 0 Å². The molecule has 0 aliphatic heterocycles. The van der Waals surface area contributed by atoms with E-state index in [1.54, 1.807) is 0 Å². The Morgan fingerprint density at radius 3 is 2.03 bits per heavy atom. The average molecular weight is 495 g/mol. The van der Waals surface area contributed by atoms with Crippen molar-refractivity contribution >= 4 is 13.7 Å². The number of hydrogen-bond donors (Lipinski definition) is 2. The maximum atomic E-state index is 10.9. The Labute approximate surface area is 208 Å². The van der Waals surface area contributed by atoms with E-state index in [1.807, 2.05) is 66.7 Å². The summed E-state index contributed by atoms with van der Waals surface area (Å²) >= 11 is 0. The van der Waals surface area contributed by atoms with Gasteiger partial charge in [0, 0.05) is 6.16 Å². The van der Waals surface area contributed by atoms with Gasteiger partial charge in [-0.25, -0.2) is 0 Å². The highest BCUT2D eigenvalue weighted by atomic mass is 31.2. The van der Waals surface area contributed by atoms with Crippen LogP contribution in [0.1, 0.15) is 49.7 Å². The van der Waals surface area contributed by atoms with Gasteiger partial charge in [0.25, 0.3) is 0 Å². The van der Waals surface area contributed by atoms with E-state index >= 15 is 0 Å². The minimum absolute atomic E-state index is 0.0169. The van der Waals surface area contributed by atoms with Gasteiger partial charge in [0.05, 0.1) is 12.2 Å². The summed E-state index contributed by atoms with van der Waals surface area (Å²) in [5, 5.41) is 0. The lowest BCUT2D eigenvalue weighted by Crippen LogP contribution is -2.02. The molecule has 0 unspecified atom stereocenters. The van der Waals surface area contributed by atoms with Crippen LogP contribution in [0.15, 0.2) is 79.4 Å². The van der Waals surface area contributed by atoms with Gasteiger partial charge in [-0.1, -0.05) is 99.0 Å². The van der Waals surface area contributed by atoms with Crippen LogP contribution in [-0.2, 0) is 11.2 Å². The molecule has 6 heteroatoms. The summed E-state index contributed by atoms with van der Waals surface area (Å²) in [6.45, 7) is 4.87. The van der Waals surface area contributed by atoms with Crippen LogP contribution in [0.25, 0.3) is 17.2 Å². The standard InChI is InChI=1S/C29H35O5P/c1-2-24-17-19-25(20-18-24)23-34-28-16-12-15-27(29(28)26-13-8-7-9-14-26)33-21-10-5-3-4-6-11-22-35(30,31)32/h2,7-9,12-20H,1,3-6,10-11,21-23H2,(H2,30,31,32). The fourth-order valence-electron chi connectivity index (χ4n) is 3.86. The molecule has 0 spiro atoms. The maximum Gasteiger partial charge on any atom is 0.325 e. The first-order valence-corrected chi connectivity index (χ1v) is 14.0. The van der Waals surface area contributed by atoms with Gasteiger partial charge in [-0.15, -0.1) is 0 Å². The van der Waals surface area contributed by atoms with Crippen LogP contribution in [-0.4, -0.2) is 22.6 Å². The largest absolute Gasteiger partial charge is 0.493 e. The van der Waals surface area contributed by atoms with E-state index in [2.05, 4.69) is 18.7 Å². The van der Waals surface area contributed by atoms with Crippen LogP contribution in [0, 0.1) is 0 Å². The van der Waals surface area contributed by atoms with Gasteiger partial charge >= 0.3 is 7.60 Å². The Morgan fingerprint density at radius 2 is 1.37 bits per heavy atom. The first-order chi connectivity index (χ1) is 17.0. The molecule has 3 aromatic rings. The minimum atomic E-state index is -3.86. The molecule has 0 saturated heterocycles. The summed E-state index contributed by atoms with van der Waals surface area (Å²) in [5.41, 5.74) is 4.16. The van der Waals surface area contributed by atoms with Gasteiger partial charge < -0.3 is 19.3 Å². The predicted molar refractivity (Wildman–Crippen MR) is 143 cm³/mol. The fraction of sp³-hybridized carbons (Fsp3) is 0.310. The monoisotopic (exact) mass is 494 g/mol. The zero-order valence-corrected chi connectivity index (χ0v) is 21.0. The molecule has 0 heterocycles. The second-order valence-corrected chi connectivity index (χ2v) is 10.4. The molecule has 186 valence electrons. The lowest BCUT2D eigenvalue weighted by atomic mass is 10.0. The quantitative estimate of drug-likeness (QED) is 0.169. The Morgan fingerprint density at radius 1 is 0.743 bits per heavy atom. The van der Waals surface area contributed by atoms with Crippen molar-refractivity contribution in [2.24, 2.45) is 0 Å². The molecular weight excluding hydrogens is 459 g/mol. The van der Waals surface area contributed by atoms with E-state index in [1.165, 1.54) is 0 Å². The lowest BCUT2D eigenvalue weighted by Gasteiger charge is -2.17. The normalized spacial score (nSPS) is 11.3. The lowest BCUT2D eigenvalue weighted by molar-refractivity contribution is 0.292. The molecule has 5 nitrogen and oxygen atoms in total. The molecule has 3 rings (SSSR count). The van der Waals surface area contributed by atoms with Crippen LogP contribution in [0.5, 0.6) is 11.5 Å². The molecule has 0 aromatic heterocycles. The van der Waals surface area contributed by atoms with Crippen LogP contribution >= 0.6 is 7.60 Å². The van der Waals surface area contributed by atoms with Crippen LogP contribution in [0.4, 0.5) is 0 Å². The van der Waals surface area contributed by atoms with Gasteiger partial charge in [-0.2, -0.15) is 0 Å². The molecule has 0 amide bonds. The summed E-state index contributed by atoms with van der Waals surface area (Å²) in [6, 6.07) is 24.2. The maximum absolute atomic E-state index is 10.9. The summed E-state index contributed by atoms with van der Waals surface area (Å²) < 4.78 is 23.3. The van der Waals surface area contributed by atoms with Gasteiger partial charge in [-0.3, -0.25) is 4.57 Å². The molecule has 3 aromatic carbocycles. The summed E-state index contributed by atoms with van der Waals surface area (Å²) in [4.78, 5) is 17.8. The highest BCUT2D eigenvalue weighted by Gasteiger charge is 2.14. The predicted octanol–water partition coefficient (Wildman–Crippen LogP) is 7.47. The van der Waals surface area contributed by atoms with Gasteiger partial charge in [0.1, 0.15) is 18.1 Å². The molecule has 0 bridgehead atoms. The molecule has 0 fully saturated rings. The first-order valence-electron chi connectivity index (χ1n) is 12.2. The van der Waals surface area contributed by atoms with Crippen LogP contribution < -0.4 is 9.47 Å². The number of benzene rings is 3. The first kappa shape index (κ1) is 26.7. The third-order valence-corrected chi connectivity index (χ3v) is 6.66. The van der Waals surface area contributed by atoms with Crippen molar-refractivity contribution in [2.75, 3.05) is 12.8 Å². The minimum Gasteiger partial charge on any atom is -0.493 e. The molecule has 0 saturated carbocycles. The van der Waals surface area contributed by atoms with Crippen molar-refractivity contribution in [3.8, 4) is 22.6 Å². The second kappa shape index (κ2) is 13.9. The number of unbranched alkanes of at least 4 members (excludes halogenated alkanes) is 5. The molecule has 2 N–H and O–H groups in total. The highest BCUT2D eigenvalue weighted by Crippen LogP contribution is 2.39. The Kier molecular flexibility index (Phi) is 10.6. The summed E-state index contributed by atoms with van der Waals surface area (Å²) in [5.74, 6) is 1.59. The van der Waals surface area contributed by atoms with Crippen molar-refractivity contribution in [2.45, 2.75) is 45.1 Å². The van der Waals surface area contributed by atoms with E-state index in [0.717, 1.165) is 65.9 Å². The Hall–Kier alpha value is -2.85. The zero-order chi connectivity index (χ0) is 24.9. The fourth-order valence-corrected chi connectivity index (χ4v) is 4.50. The van der Waals surface area contributed by atoms with Crippen molar-refractivity contribution in [1.29, 1.82) is 0 Å². The molecule has 0 atom stereocenters. The number of hydrogen-bond acceptors (Lipinski definition) is 3. The van der Waals surface area contributed by atoms with E-state index in [4.69, 9.17) is 19.3 Å². The second-order valence-electron chi connectivity index (χ2n) is 8.59. The molecule has 35 heavy (non-hydrogen) atoms. The zero-order valence-electron chi connectivity index (χ0n) is 20.1. The van der Waals surface area contributed by atoms with Crippen LogP contribution in [0.3, 0.4) is 0 Å². The summed E-state index contributed by atoms with van der Waals surface area (Å²) in [7, 11) is -3.86. The Bertz CT molecular complexity index is 1090. The van der Waals surface area contributed by atoms with Gasteiger partial charge in [0.15, 0.2) is 0 Å². The topological polar surface area (TPSA) is 76.0 Å². The van der Waals surface area contributed by atoms with E-state index < -0.39 is 7.60 Å². The van der Waals surface area contributed by atoms with Crippen molar-refractivity contribution < 1.29 is 23.8 Å². The molecule has 0 aliphatic carbocycles. The average Bonchev–Trinajstić information content (AvgIpc) is 2.86. The van der Waals surface area contributed by atoms with Gasteiger partial charge in [0.2, 0.25) is 0 Å². The molecule has 0 aliphatic rings. The van der Waals surface area contributed by atoms with E-state index in [9.17, 15) is 4.57 Å². The number of ether oxygens (including phenoxy) is 2. The van der Waals surface area contributed by atoms with Gasteiger partial charge in [-0.05, 0) is 41.7 Å². The smallest absolute Gasteiger partial charge is 0.325 e. The molecular formula is C29H35O5P. The Balaban J connectivity index is 1.57. The number of rotatable bonds is 15. The third-order valence-electron chi connectivity index (χ3n) is 5.76. The highest BCUT2D eigenvalue weighted by molar-refractivity contribution is 7.51. The SMILES string of the molecule is C=Cc1ccc(COc2cccc(OCCCCCCCCP(=O)(O)O)c2-c2ccccc2)cc1. The summed E-state index contributed by atoms with van der Waals surface area (Å²) in [6.07, 6.45) is 7.19. The van der Waals surface area contributed by atoms with E-state index in [0.29, 0.717) is 19.6 Å². The van der Waals surface area contributed by atoms with Crippen molar-refractivity contribution in [3.63, 3.8) is 0 Å². The van der Waals surface area contributed by atoms with Crippen LogP contribution in [0.2, 0.25) is 0 Å². The van der Waals surface area contributed by atoms with E-state index in [-0.39, 0.29) is 6.16 Å².